The van der Waals surface area contributed by atoms with Gasteiger partial charge in [-0.2, -0.15) is 0 Å². The zero-order chi connectivity index (χ0) is 13.5. The summed E-state index contributed by atoms with van der Waals surface area (Å²) in [5, 5.41) is 11.0. The second kappa shape index (κ2) is 6.48. The third kappa shape index (κ3) is 5.20. The zero-order valence-electron chi connectivity index (χ0n) is 10.2. The SMILES string of the molecule is CC(C)OC(=O)Nc1ccc(OCC(=O)O)cc1. The number of hydrogen-bond acceptors (Lipinski definition) is 4. The van der Waals surface area contributed by atoms with Crippen LogP contribution in [-0.2, 0) is 9.53 Å². The van der Waals surface area contributed by atoms with E-state index in [-0.39, 0.29) is 6.10 Å². The second-order valence-corrected chi connectivity index (χ2v) is 3.79. The highest BCUT2D eigenvalue weighted by atomic mass is 16.6. The number of nitrogens with one attached hydrogen (secondary N) is 1. The summed E-state index contributed by atoms with van der Waals surface area (Å²) < 4.78 is 9.85. The van der Waals surface area contributed by atoms with Crippen molar-refractivity contribution in [2.75, 3.05) is 11.9 Å². The molecule has 1 amide bonds. The van der Waals surface area contributed by atoms with E-state index < -0.39 is 18.7 Å². The van der Waals surface area contributed by atoms with Crippen LogP contribution in [0, 0.1) is 0 Å². The van der Waals surface area contributed by atoms with Crippen LogP contribution in [0.4, 0.5) is 10.5 Å². The second-order valence-electron chi connectivity index (χ2n) is 3.79. The van der Waals surface area contributed by atoms with Gasteiger partial charge in [0, 0.05) is 5.69 Å². The molecule has 0 atom stereocenters. The fraction of sp³-hybridized carbons (Fsp3) is 0.333. The van der Waals surface area contributed by atoms with Gasteiger partial charge in [-0.1, -0.05) is 0 Å². The minimum Gasteiger partial charge on any atom is -0.482 e. The van der Waals surface area contributed by atoms with Gasteiger partial charge in [-0.15, -0.1) is 0 Å². The molecule has 0 aliphatic heterocycles. The normalized spacial score (nSPS) is 9.94. The lowest BCUT2D eigenvalue weighted by Gasteiger charge is -2.10. The summed E-state index contributed by atoms with van der Waals surface area (Å²) in [6, 6.07) is 6.32. The van der Waals surface area contributed by atoms with Crippen molar-refractivity contribution in [3.05, 3.63) is 24.3 Å². The van der Waals surface area contributed by atoms with Crippen LogP contribution in [0.2, 0.25) is 0 Å². The number of anilines is 1. The van der Waals surface area contributed by atoms with Crippen molar-refractivity contribution in [2.45, 2.75) is 20.0 Å². The fourth-order valence-electron chi connectivity index (χ4n) is 1.14. The topological polar surface area (TPSA) is 84.9 Å². The van der Waals surface area contributed by atoms with Gasteiger partial charge in [0.25, 0.3) is 0 Å². The summed E-state index contributed by atoms with van der Waals surface area (Å²) in [6.07, 6.45) is -0.729. The van der Waals surface area contributed by atoms with Crippen LogP contribution in [0.5, 0.6) is 5.75 Å². The van der Waals surface area contributed by atoms with Crippen LogP contribution in [-0.4, -0.2) is 29.9 Å². The summed E-state index contributed by atoms with van der Waals surface area (Å²) in [5.41, 5.74) is 0.545. The lowest BCUT2D eigenvalue weighted by Crippen LogP contribution is -2.17. The molecule has 0 aromatic heterocycles. The number of carbonyl (C=O) groups excluding carboxylic acids is 1. The van der Waals surface area contributed by atoms with Gasteiger partial charge in [0.1, 0.15) is 5.75 Å². The molecule has 18 heavy (non-hydrogen) atoms. The third-order valence-electron chi connectivity index (χ3n) is 1.81. The predicted molar refractivity (Wildman–Crippen MR) is 64.8 cm³/mol. The molecular formula is C12H15NO5. The predicted octanol–water partition coefficient (Wildman–Crippen LogP) is 2.11. The maximum atomic E-state index is 11.3. The number of ether oxygens (including phenoxy) is 2. The van der Waals surface area contributed by atoms with Crippen molar-refractivity contribution in [2.24, 2.45) is 0 Å². The minimum atomic E-state index is -1.04. The standard InChI is InChI=1S/C12H15NO5/c1-8(2)18-12(16)13-9-3-5-10(6-4-9)17-7-11(14)15/h3-6,8H,7H2,1-2H3,(H,13,16)(H,14,15). The van der Waals surface area contributed by atoms with Crippen LogP contribution in [0.3, 0.4) is 0 Å². The number of carbonyl (C=O) groups is 2. The molecule has 98 valence electrons. The number of rotatable bonds is 5. The van der Waals surface area contributed by atoms with Gasteiger partial charge in [-0.05, 0) is 38.1 Å². The molecule has 0 aliphatic rings. The quantitative estimate of drug-likeness (QED) is 0.839. The van der Waals surface area contributed by atoms with Crippen LogP contribution in [0.25, 0.3) is 0 Å². The van der Waals surface area contributed by atoms with E-state index in [1.165, 1.54) is 0 Å². The molecule has 0 radical (unpaired) electrons. The molecule has 0 unspecified atom stereocenters. The molecule has 2 N–H and O–H groups in total. The van der Waals surface area contributed by atoms with E-state index >= 15 is 0 Å². The molecule has 0 spiro atoms. The van der Waals surface area contributed by atoms with Crippen molar-refractivity contribution < 1.29 is 24.2 Å². The largest absolute Gasteiger partial charge is 0.482 e. The Bertz CT molecular complexity index is 413. The summed E-state index contributed by atoms with van der Waals surface area (Å²) in [4.78, 5) is 21.6. The average molecular weight is 253 g/mol. The van der Waals surface area contributed by atoms with E-state index in [1.807, 2.05) is 0 Å². The highest BCUT2D eigenvalue weighted by Gasteiger charge is 2.05. The molecule has 0 fully saturated rings. The van der Waals surface area contributed by atoms with Crippen molar-refractivity contribution in [1.82, 2.24) is 0 Å². The summed E-state index contributed by atoms with van der Waals surface area (Å²) in [7, 11) is 0. The molecular weight excluding hydrogens is 238 g/mol. The van der Waals surface area contributed by atoms with Crippen LogP contribution in [0.1, 0.15) is 13.8 Å². The molecule has 0 heterocycles. The number of benzene rings is 1. The molecule has 1 aromatic carbocycles. The van der Waals surface area contributed by atoms with Crippen molar-refractivity contribution >= 4 is 17.7 Å². The Labute approximate surface area is 105 Å². The van der Waals surface area contributed by atoms with Gasteiger partial charge in [-0.3, -0.25) is 5.32 Å². The molecule has 6 nitrogen and oxygen atoms in total. The smallest absolute Gasteiger partial charge is 0.411 e. The minimum absolute atomic E-state index is 0.192. The van der Waals surface area contributed by atoms with E-state index in [4.69, 9.17) is 14.6 Å². The van der Waals surface area contributed by atoms with Crippen molar-refractivity contribution in [3.8, 4) is 5.75 Å². The Kier molecular flexibility index (Phi) is 4.98. The first-order valence-corrected chi connectivity index (χ1v) is 5.39. The number of aliphatic carboxylic acids is 1. The zero-order valence-corrected chi connectivity index (χ0v) is 10.2. The van der Waals surface area contributed by atoms with Gasteiger partial charge < -0.3 is 14.6 Å². The van der Waals surface area contributed by atoms with E-state index in [0.29, 0.717) is 11.4 Å². The molecule has 6 heteroatoms. The lowest BCUT2D eigenvalue weighted by molar-refractivity contribution is -0.139. The molecule has 0 saturated carbocycles. The Hall–Kier alpha value is -2.24. The number of hydrogen-bond donors (Lipinski definition) is 2. The average Bonchev–Trinajstić information content (AvgIpc) is 2.26. The van der Waals surface area contributed by atoms with Crippen molar-refractivity contribution in [1.29, 1.82) is 0 Å². The van der Waals surface area contributed by atoms with Gasteiger partial charge in [-0.25, -0.2) is 9.59 Å². The molecule has 0 bridgehead atoms. The van der Waals surface area contributed by atoms with Gasteiger partial charge in [0.2, 0.25) is 0 Å². The maximum Gasteiger partial charge on any atom is 0.411 e. The first-order chi connectivity index (χ1) is 8.47. The monoisotopic (exact) mass is 253 g/mol. The highest BCUT2D eigenvalue weighted by Crippen LogP contribution is 2.15. The first kappa shape index (κ1) is 13.8. The van der Waals surface area contributed by atoms with E-state index in [0.717, 1.165) is 0 Å². The van der Waals surface area contributed by atoms with Crippen molar-refractivity contribution in [3.63, 3.8) is 0 Å². The molecule has 1 aromatic rings. The van der Waals surface area contributed by atoms with E-state index in [9.17, 15) is 9.59 Å². The van der Waals surface area contributed by atoms with E-state index in [1.54, 1.807) is 38.1 Å². The molecule has 0 aliphatic carbocycles. The fourth-order valence-corrected chi connectivity index (χ4v) is 1.14. The Morgan fingerprint density at radius 2 is 1.89 bits per heavy atom. The van der Waals surface area contributed by atoms with Gasteiger partial charge in [0.05, 0.1) is 6.10 Å². The number of carboxylic acid groups (broad SMARTS) is 1. The first-order valence-electron chi connectivity index (χ1n) is 5.39. The Morgan fingerprint density at radius 1 is 1.28 bits per heavy atom. The molecule has 1 rings (SSSR count). The number of amides is 1. The Balaban J connectivity index is 2.49. The summed E-state index contributed by atoms with van der Waals surface area (Å²) in [6.45, 7) is 3.10. The molecule has 0 saturated heterocycles. The highest BCUT2D eigenvalue weighted by molar-refractivity contribution is 5.84. The van der Waals surface area contributed by atoms with Gasteiger partial charge in [0.15, 0.2) is 6.61 Å². The summed E-state index contributed by atoms with van der Waals surface area (Å²) >= 11 is 0. The lowest BCUT2D eigenvalue weighted by atomic mass is 10.3. The van der Waals surface area contributed by atoms with E-state index in [2.05, 4.69) is 5.32 Å². The van der Waals surface area contributed by atoms with Crippen LogP contribution >= 0.6 is 0 Å². The van der Waals surface area contributed by atoms with Gasteiger partial charge >= 0.3 is 12.1 Å². The van der Waals surface area contributed by atoms with Crippen LogP contribution < -0.4 is 10.1 Å². The Morgan fingerprint density at radius 3 is 2.39 bits per heavy atom. The number of carboxylic acids is 1. The van der Waals surface area contributed by atoms with Crippen LogP contribution in [0.15, 0.2) is 24.3 Å². The summed E-state index contributed by atoms with van der Waals surface area (Å²) in [5.74, 6) is -0.627. The maximum absolute atomic E-state index is 11.3. The third-order valence-corrected chi connectivity index (χ3v) is 1.81.